The van der Waals surface area contributed by atoms with Crippen molar-refractivity contribution in [1.82, 2.24) is 4.98 Å². The highest BCUT2D eigenvalue weighted by molar-refractivity contribution is 7.14. The molecule has 0 spiro atoms. The standard InChI is InChI=1S/C21H20N2O3S/c1-25-16-8-6-15(7-9-16)21(10-11-21)19(24)23-20-22-18(13-27-20)14-4-3-5-17(12-14)26-2/h3-9,12-13H,10-11H2,1-2H3,(H,22,23,24). The lowest BCUT2D eigenvalue weighted by molar-refractivity contribution is -0.118. The number of methoxy groups -OCH3 is 2. The highest BCUT2D eigenvalue weighted by Gasteiger charge is 2.51. The van der Waals surface area contributed by atoms with Gasteiger partial charge in [-0.25, -0.2) is 4.98 Å². The van der Waals surface area contributed by atoms with Crippen LogP contribution in [0.1, 0.15) is 18.4 Å². The first-order chi connectivity index (χ1) is 13.1. The molecule has 1 heterocycles. The van der Waals surface area contributed by atoms with Gasteiger partial charge in [0.15, 0.2) is 5.13 Å². The molecule has 1 saturated carbocycles. The van der Waals surface area contributed by atoms with Crippen LogP contribution in [-0.4, -0.2) is 25.1 Å². The molecule has 1 amide bonds. The van der Waals surface area contributed by atoms with Crippen molar-refractivity contribution in [2.24, 2.45) is 0 Å². The van der Waals surface area contributed by atoms with Crippen LogP contribution in [0, 0.1) is 0 Å². The molecule has 1 aromatic heterocycles. The summed E-state index contributed by atoms with van der Waals surface area (Å²) >= 11 is 1.43. The number of nitrogens with one attached hydrogen (secondary N) is 1. The maximum Gasteiger partial charge on any atom is 0.236 e. The summed E-state index contributed by atoms with van der Waals surface area (Å²) in [5.41, 5.74) is 2.35. The zero-order valence-electron chi connectivity index (χ0n) is 15.2. The lowest BCUT2D eigenvalue weighted by Crippen LogP contribution is -2.27. The maximum atomic E-state index is 12.9. The Labute approximate surface area is 162 Å². The molecule has 0 unspecified atom stereocenters. The third-order valence-electron chi connectivity index (χ3n) is 4.92. The van der Waals surface area contributed by atoms with Gasteiger partial charge in [0, 0.05) is 10.9 Å². The molecule has 27 heavy (non-hydrogen) atoms. The molecule has 0 saturated heterocycles. The van der Waals surface area contributed by atoms with Gasteiger partial charge in [-0.2, -0.15) is 0 Å². The molecular weight excluding hydrogens is 360 g/mol. The van der Waals surface area contributed by atoms with Crippen LogP contribution in [0.4, 0.5) is 5.13 Å². The number of hydrogen-bond acceptors (Lipinski definition) is 5. The number of benzene rings is 2. The van der Waals surface area contributed by atoms with Gasteiger partial charge in [0.1, 0.15) is 11.5 Å². The number of carbonyl (C=O) groups excluding carboxylic acids is 1. The van der Waals surface area contributed by atoms with E-state index in [0.29, 0.717) is 5.13 Å². The average molecular weight is 380 g/mol. The molecule has 2 aromatic carbocycles. The van der Waals surface area contributed by atoms with E-state index in [1.165, 1.54) is 11.3 Å². The molecule has 0 bridgehead atoms. The molecule has 1 aliphatic rings. The maximum absolute atomic E-state index is 12.9. The van der Waals surface area contributed by atoms with Crippen molar-refractivity contribution in [2.75, 3.05) is 19.5 Å². The van der Waals surface area contributed by atoms with Gasteiger partial charge >= 0.3 is 0 Å². The van der Waals surface area contributed by atoms with Gasteiger partial charge in [-0.05, 0) is 42.7 Å². The molecule has 3 aromatic rings. The topological polar surface area (TPSA) is 60.5 Å². The Bertz CT molecular complexity index is 962. The SMILES string of the molecule is COc1ccc(C2(C(=O)Nc3nc(-c4cccc(OC)c4)cs3)CC2)cc1. The molecule has 0 radical (unpaired) electrons. The van der Waals surface area contributed by atoms with Crippen LogP contribution in [-0.2, 0) is 10.2 Å². The molecule has 1 N–H and O–H groups in total. The van der Waals surface area contributed by atoms with E-state index in [2.05, 4.69) is 10.3 Å². The van der Waals surface area contributed by atoms with Crippen molar-refractivity contribution in [3.63, 3.8) is 0 Å². The molecule has 1 fully saturated rings. The van der Waals surface area contributed by atoms with Gasteiger partial charge in [-0.3, -0.25) is 4.79 Å². The summed E-state index contributed by atoms with van der Waals surface area (Å²) in [5.74, 6) is 1.57. The van der Waals surface area contributed by atoms with Crippen LogP contribution in [0.3, 0.4) is 0 Å². The van der Waals surface area contributed by atoms with Crippen LogP contribution < -0.4 is 14.8 Å². The van der Waals surface area contributed by atoms with E-state index in [1.807, 2.05) is 53.9 Å². The highest BCUT2D eigenvalue weighted by atomic mass is 32.1. The summed E-state index contributed by atoms with van der Waals surface area (Å²) in [5, 5.41) is 5.55. The van der Waals surface area contributed by atoms with Crippen LogP contribution in [0.25, 0.3) is 11.3 Å². The molecule has 138 valence electrons. The predicted octanol–water partition coefficient (Wildman–Crippen LogP) is 4.50. The van der Waals surface area contributed by atoms with E-state index < -0.39 is 5.41 Å². The Morgan fingerprint density at radius 1 is 1.07 bits per heavy atom. The Kier molecular flexibility index (Phi) is 4.58. The summed E-state index contributed by atoms with van der Waals surface area (Å²) in [6.45, 7) is 0. The summed E-state index contributed by atoms with van der Waals surface area (Å²) in [6, 6.07) is 15.5. The second-order valence-electron chi connectivity index (χ2n) is 6.53. The van der Waals surface area contributed by atoms with Gasteiger partial charge in [0.25, 0.3) is 0 Å². The fraction of sp³-hybridized carbons (Fsp3) is 0.238. The van der Waals surface area contributed by atoms with Crippen LogP contribution in [0.5, 0.6) is 11.5 Å². The average Bonchev–Trinajstić information content (AvgIpc) is 3.41. The first-order valence-electron chi connectivity index (χ1n) is 8.70. The van der Waals surface area contributed by atoms with Gasteiger partial charge < -0.3 is 14.8 Å². The third-order valence-corrected chi connectivity index (χ3v) is 5.68. The van der Waals surface area contributed by atoms with Crippen molar-refractivity contribution in [1.29, 1.82) is 0 Å². The van der Waals surface area contributed by atoms with Crippen LogP contribution in [0.15, 0.2) is 53.9 Å². The monoisotopic (exact) mass is 380 g/mol. The minimum atomic E-state index is -0.450. The zero-order chi connectivity index (χ0) is 18.9. The zero-order valence-corrected chi connectivity index (χ0v) is 16.0. The number of amides is 1. The van der Waals surface area contributed by atoms with Crippen LogP contribution in [0.2, 0.25) is 0 Å². The van der Waals surface area contributed by atoms with E-state index in [4.69, 9.17) is 9.47 Å². The quantitative estimate of drug-likeness (QED) is 0.684. The first-order valence-corrected chi connectivity index (χ1v) is 9.58. The first kappa shape index (κ1) is 17.5. The Balaban J connectivity index is 1.50. The number of rotatable bonds is 6. The number of ether oxygens (including phenoxy) is 2. The van der Waals surface area contributed by atoms with Crippen molar-refractivity contribution in [3.8, 4) is 22.8 Å². The number of aromatic nitrogens is 1. The fourth-order valence-corrected chi connectivity index (χ4v) is 3.86. The smallest absolute Gasteiger partial charge is 0.236 e. The van der Waals surface area contributed by atoms with E-state index >= 15 is 0 Å². The number of nitrogens with zero attached hydrogens (tertiary/aromatic N) is 1. The molecule has 6 heteroatoms. The molecule has 0 atom stereocenters. The van der Waals surface area contributed by atoms with Crippen LogP contribution >= 0.6 is 11.3 Å². The van der Waals surface area contributed by atoms with E-state index in [9.17, 15) is 4.79 Å². The normalized spacial score (nSPS) is 14.4. The van der Waals surface area contributed by atoms with Gasteiger partial charge in [0.2, 0.25) is 5.91 Å². The number of thiazole rings is 1. The van der Waals surface area contributed by atoms with E-state index in [1.54, 1.807) is 14.2 Å². The number of anilines is 1. The predicted molar refractivity (Wildman–Crippen MR) is 107 cm³/mol. The Morgan fingerprint density at radius 3 is 2.48 bits per heavy atom. The lowest BCUT2D eigenvalue weighted by Gasteiger charge is -2.15. The molecular formula is C21H20N2O3S. The molecule has 4 rings (SSSR count). The molecule has 0 aliphatic heterocycles. The minimum Gasteiger partial charge on any atom is -0.497 e. The van der Waals surface area contributed by atoms with Gasteiger partial charge in [-0.1, -0.05) is 24.3 Å². The highest BCUT2D eigenvalue weighted by Crippen LogP contribution is 2.49. The largest absolute Gasteiger partial charge is 0.497 e. The summed E-state index contributed by atoms with van der Waals surface area (Å²) < 4.78 is 10.5. The van der Waals surface area contributed by atoms with Crippen molar-refractivity contribution in [2.45, 2.75) is 18.3 Å². The second-order valence-corrected chi connectivity index (χ2v) is 7.39. The summed E-state index contributed by atoms with van der Waals surface area (Å²) in [6.07, 6.45) is 1.69. The Morgan fingerprint density at radius 2 is 1.81 bits per heavy atom. The minimum absolute atomic E-state index is 0.000732. The molecule has 5 nitrogen and oxygen atoms in total. The van der Waals surface area contributed by atoms with E-state index in [0.717, 1.165) is 41.2 Å². The summed E-state index contributed by atoms with van der Waals surface area (Å²) in [7, 11) is 3.27. The van der Waals surface area contributed by atoms with Crippen molar-refractivity contribution in [3.05, 3.63) is 59.5 Å². The summed E-state index contributed by atoms with van der Waals surface area (Å²) in [4.78, 5) is 17.5. The molecule has 1 aliphatic carbocycles. The number of carbonyl (C=O) groups is 1. The van der Waals surface area contributed by atoms with Gasteiger partial charge in [0.05, 0.1) is 25.3 Å². The lowest BCUT2D eigenvalue weighted by atomic mass is 9.95. The van der Waals surface area contributed by atoms with Gasteiger partial charge in [-0.15, -0.1) is 11.3 Å². The van der Waals surface area contributed by atoms with Crippen molar-refractivity contribution >= 4 is 22.4 Å². The second kappa shape index (κ2) is 7.04. The Hall–Kier alpha value is -2.86. The fourth-order valence-electron chi connectivity index (χ4n) is 3.14. The third kappa shape index (κ3) is 3.40. The van der Waals surface area contributed by atoms with E-state index in [-0.39, 0.29) is 5.91 Å². The number of hydrogen-bond donors (Lipinski definition) is 1. The van der Waals surface area contributed by atoms with Crippen molar-refractivity contribution < 1.29 is 14.3 Å².